The maximum Gasteiger partial charge on any atom is 0.333 e. The van der Waals surface area contributed by atoms with Crippen LogP contribution in [-0.2, 0) is 10.2 Å². The fourth-order valence-corrected chi connectivity index (χ4v) is 1.71. The smallest absolute Gasteiger partial charge is 0.189 e. The lowest BCUT2D eigenvalue weighted by atomic mass is 10.2. The minimum Gasteiger partial charge on any atom is -0.189 e. The highest BCUT2D eigenvalue weighted by Crippen LogP contribution is 2.16. The van der Waals surface area contributed by atoms with Gasteiger partial charge >= 0.3 is 10.2 Å². The molecule has 0 amide bonds. The van der Waals surface area contributed by atoms with Gasteiger partial charge < -0.3 is 0 Å². The zero-order valence-electron chi connectivity index (χ0n) is 8.67. The number of rotatable bonds is 3. The van der Waals surface area contributed by atoms with Crippen molar-refractivity contribution in [3.63, 3.8) is 0 Å². The molecule has 1 aromatic carbocycles. The second-order valence-electron chi connectivity index (χ2n) is 2.94. The maximum atomic E-state index is 12.8. The number of nitrogens with zero attached hydrogens (tertiary/aromatic N) is 3. The zero-order chi connectivity index (χ0) is 12.7. The molecule has 0 spiro atoms. The van der Waals surface area contributed by atoms with Crippen molar-refractivity contribution in [3.8, 4) is 11.8 Å². The van der Waals surface area contributed by atoms with E-state index in [2.05, 4.69) is 21.9 Å². The van der Waals surface area contributed by atoms with E-state index in [0.29, 0.717) is 0 Å². The first-order valence-electron chi connectivity index (χ1n) is 4.59. The SMILES string of the molecule is [N-]=[N+]=NCCC#Cc1ccccc1S(=O)(=O)F. The largest absolute Gasteiger partial charge is 0.333 e. The van der Waals surface area contributed by atoms with E-state index in [0.717, 1.165) is 6.07 Å². The van der Waals surface area contributed by atoms with Gasteiger partial charge in [0.25, 0.3) is 0 Å². The van der Waals surface area contributed by atoms with Crippen molar-refractivity contribution >= 4 is 10.2 Å². The highest BCUT2D eigenvalue weighted by Gasteiger charge is 2.14. The Morgan fingerprint density at radius 1 is 1.41 bits per heavy atom. The second kappa shape index (κ2) is 5.89. The van der Waals surface area contributed by atoms with E-state index in [9.17, 15) is 12.3 Å². The van der Waals surface area contributed by atoms with Crippen molar-refractivity contribution in [2.75, 3.05) is 6.54 Å². The van der Waals surface area contributed by atoms with Crippen molar-refractivity contribution < 1.29 is 12.3 Å². The highest BCUT2D eigenvalue weighted by molar-refractivity contribution is 7.86. The van der Waals surface area contributed by atoms with Crippen LogP contribution in [0.4, 0.5) is 3.89 Å². The van der Waals surface area contributed by atoms with Crippen molar-refractivity contribution in [2.24, 2.45) is 5.11 Å². The predicted molar refractivity (Wildman–Crippen MR) is 60.2 cm³/mol. The Bertz CT molecular complexity index is 610. The van der Waals surface area contributed by atoms with E-state index in [1.807, 2.05) is 0 Å². The molecular formula is C10H8FN3O2S. The first-order chi connectivity index (χ1) is 8.05. The topological polar surface area (TPSA) is 82.9 Å². The van der Waals surface area contributed by atoms with E-state index >= 15 is 0 Å². The molecule has 0 bridgehead atoms. The number of hydrogen-bond acceptors (Lipinski definition) is 3. The predicted octanol–water partition coefficient (Wildman–Crippen LogP) is 2.40. The lowest BCUT2D eigenvalue weighted by molar-refractivity contribution is 0.552. The summed E-state index contributed by atoms with van der Waals surface area (Å²) in [4.78, 5) is 2.09. The van der Waals surface area contributed by atoms with Crippen molar-refractivity contribution in [1.82, 2.24) is 0 Å². The van der Waals surface area contributed by atoms with Gasteiger partial charge in [-0.25, -0.2) is 0 Å². The van der Waals surface area contributed by atoms with Crippen molar-refractivity contribution in [2.45, 2.75) is 11.3 Å². The minimum absolute atomic E-state index is 0.0935. The van der Waals surface area contributed by atoms with Crippen LogP contribution in [0.2, 0.25) is 0 Å². The molecule has 0 aliphatic rings. The molecule has 0 fully saturated rings. The summed E-state index contributed by atoms with van der Waals surface area (Å²) in [7, 11) is -4.77. The van der Waals surface area contributed by atoms with Gasteiger partial charge in [0.1, 0.15) is 4.90 Å². The third kappa shape index (κ3) is 4.15. The van der Waals surface area contributed by atoms with Gasteiger partial charge in [0.15, 0.2) is 0 Å². The van der Waals surface area contributed by atoms with Crippen LogP contribution in [0.1, 0.15) is 12.0 Å². The van der Waals surface area contributed by atoms with Crippen LogP contribution in [0.15, 0.2) is 34.3 Å². The standard InChI is InChI=1S/C10H8FN3O2S/c11-17(15,16)10-7-2-1-5-9(10)6-3-4-8-13-14-12/h1-2,5,7H,4,8H2. The summed E-state index contributed by atoms with van der Waals surface area (Å²) in [6.07, 6.45) is 0.282. The molecule has 5 nitrogen and oxygen atoms in total. The molecule has 0 aliphatic carbocycles. The Kier molecular flexibility index (Phi) is 4.52. The Morgan fingerprint density at radius 2 is 2.12 bits per heavy atom. The monoisotopic (exact) mass is 253 g/mol. The Morgan fingerprint density at radius 3 is 2.76 bits per heavy atom. The molecule has 0 unspecified atom stereocenters. The van der Waals surface area contributed by atoms with Gasteiger partial charge in [0.2, 0.25) is 0 Å². The number of azide groups is 1. The average molecular weight is 253 g/mol. The summed E-state index contributed by atoms with van der Waals surface area (Å²) in [6.45, 7) is 0.189. The molecule has 0 N–H and O–H groups in total. The molecule has 7 heteroatoms. The van der Waals surface area contributed by atoms with Gasteiger partial charge in [0.05, 0.1) is 0 Å². The van der Waals surface area contributed by atoms with E-state index in [4.69, 9.17) is 5.53 Å². The molecule has 88 valence electrons. The summed E-state index contributed by atoms with van der Waals surface area (Å²) in [6, 6.07) is 5.53. The van der Waals surface area contributed by atoms with Crippen LogP contribution in [0, 0.1) is 11.8 Å². The molecule has 0 saturated heterocycles. The normalized spacial score (nSPS) is 9.94. The first kappa shape index (κ1) is 13.0. The van der Waals surface area contributed by atoms with Crippen LogP contribution in [0.25, 0.3) is 10.4 Å². The Hall–Kier alpha value is -2.03. The van der Waals surface area contributed by atoms with Crippen LogP contribution in [0.3, 0.4) is 0 Å². The molecule has 0 radical (unpaired) electrons. The van der Waals surface area contributed by atoms with E-state index in [1.54, 1.807) is 6.07 Å². The third-order valence-corrected chi connectivity index (χ3v) is 2.65. The van der Waals surface area contributed by atoms with Crippen LogP contribution in [-0.4, -0.2) is 15.0 Å². The van der Waals surface area contributed by atoms with Crippen molar-refractivity contribution in [1.29, 1.82) is 0 Å². The molecule has 0 heterocycles. The van der Waals surface area contributed by atoms with Gasteiger partial charge in [-0.15, -0.1) is 3.89 Å². The molecule has 1 aromatic rings. The summed E-state index contributed by atoms with van der Waals surface area (Å²) < 4.78 is 34.4. The molecule has 1 rings (SSSR count). The number of benzene rings is 1. The summed E-state index contributed by atoms with van der Waals surface area (Å²) >= 11 is 0. The Labute approximate surface area is 98.1 Å². The summed E-state index contributed by atoms with van der Waals surface area (Å²) in [5.74, 6) is 5.13. The van der Waals surface area contributed by atoms with E-state index in [1.165, 1.54) is 12.1 Å². The fraction of sp³-hybridized carbons (Fsp3) is 0.200. The minimum atomic E-state index is -4.77. The van der Waals surface area contributed by atoms with Crippen LogP contribution in [0.5, 0.6) is 0 Å². The number of hydrogen-bond donors (Lipinski definition) is 0. The third-order valence-electron chi connectivity index (χ3n) is 1.77. The Balaban J connectivity index is 2.95. The lowest BCUT2D eigenvalue weighted by Crippen LogP contribution is -1.95. The molecule has 0 atom stereocenters. The van der Waals surface area contributed by atoms with Gasteiger partial charge in [-0.2, -0.15) is 8.42 Å². The summed E-state index contributed by atoms with van der Waals surface area (Å²) in [5, 5.41) is 3.26. The fourth-order valence-electron chi connectivity index (χ4n) is 1.09. The van der Waals surface area contributed by atoms with Gasteiger partial charge in [0, 0.05) is 23.4 Å². The highest BCUT2D eigenvalue weighted by atomic mass is 32.3. The quantitative estimate of drug-likeness (QED) is 0.207. The van der Waals surface area contributed by atoms with Crippen LogP contribution >= 0.6 is 0 Å². The molecular weight excluding hydrogens is 245 g/mol. The lowest BCUT2D eigenvalue weighted by Gasteiger charge is -1.97. The van der Waals surface area contributed by atoms with Crippen LogP contribution < -0.4 is 0 Å². The van der Waals surface area contributed by atoms with Gasteiger partial charge in [-0.3, -0.25) is 0 Å². The maximum absolute atomic E-state index is 12.8. The zero-order valence-corrected chi connectivity index (χ0v) is 9.48. The second-order valence-corrected chi connectivity index (χ2v) is 4.26. The van der Waals surface area contributed by atoms with Gasteiger partial charge in [-0.05, 0) is 17.7 Å². The number of halogens is 1. The van der Waals surface area contributed by atoms with Crippen molar-refractivity contribution in [3.05, 3.63) is 40.3 Å². The van der Waals surface area contributed by atoms with E-state index in [-0.39, 0.29) is 18.5 Å². The average Bonchev–Trinajstić information content (AvgIpc) is 2.28. The van der Waals surface area contributed by atoms with Gasteiger partial charge in [-0.1, -0.05) is 29.1 Å². The molecule has 0 aliphatic heterocycles. The molecule has 0 aromatic heterocycles. The van der Waals surface area contributed by atoms with E-state index < -0.39 is 15.1 Å². The molecule has 0 saturated carbocycles. The summed E-state index contributed by atoms with van der Waals surface area (Å²) in [5.41, 5.74) is 8.11. The molecule has 17 heavy (non-hydrogen) atoms. The first-order valence-corrected chi connectivity index (χ1v) is 5.97.